The topological polar surface area (TPSA) is 131 Å². The maximum Gasteiger partial charge on any atom is 0.251 e. The summed E-state index contributed by atoms with van der Waals surface area (Å²) in [4.78, 5) is 24.4. The summed E-state index contributed by atoms with van der Waals surface area (Å²) in [6, 6.07) is 7.51. The molecule has 1 saturated heterocycles. The molecule has 0 bridgehead atoms. The van der Waals surface area contributed by atoms with Crippen LogP contribution in [0.3, 0.4) is 0 Å². The number of carbonyl (C=O) groups excluding carboxylic acids is 1. The number of carbonyl (C=O) groups is 1. The van der Waals surface area contributed by atoms with Crippen molar-refractivity contribution in [2.45, 2.75) is 19.4 Å². The summed E-state index contributed by atoms with van der Waals surface area (Å²) < 4.78 is 6.99. The van der Waals surface area contributed by atoms with Gasteiger partial charge in [-0.25, -0.2) is 14.5 Å². The predicted octanol–water partition coefficient (Wildman–Crippen LogP) is 2.76. The Kier molecular flexibility index (Phi) is 5.68. The Labute approximate surface area is 200 Å². The van der Waals surface area contributed by atoms with Gasteiger partial charge in [-0.15, -0.1) is 11.3 Å². The average Bonchev–Trinajstić information content (AvgIpc) is 3.45. The molecule has 0 aliphatic carbocycles. The fraction of sp³-hybridized carbons (Fsp3) is 0.304. The number of nitrogens with one attached hydrogen (secondary N) is 1. The molecule has 0 radical (unpaired) electrons. The van der Waals surface area contributed by atoms with Gasteiger partial charge in [-0.1, -0.05) is 0 Å². The third-order valence-corrected chi connectivity index (χ3v) is 6.70. The highest BCUT2D eigenvalue weighted by molar-refractivity contribution is 7.20. The van der Waals surface area contributed by atoms with Gasteiger partial charge in [0.1, 0.15) is 16.4 Å². The van der Waals surface area contributed by atoms with Crippen LogP contribution in [0.4, 0.5) is 16.5 Å². The van der Waals surface area contributed by atoms with E-state index in [-0.39, 0.29) is 0 Å². The number of morpholine rings is 1. The van der Waals surface area contributed by atoms with Gasteiger partial charge in [0.2, 0.25) is 0 Å². The van der Waals surface area contributed by atoms with E-state index in [9.17, 15) is 9.90 Å². The highest BCUT2D eigenvalue weighted by atomic mass is 32.1. The van der Waals surface area contributed by atoms with Crippen molar-refractivity contribution in [2.24, 2.45) is 5.73 Å². The van der Waals surface area contributed by atoms with Crippen molar-refractivity contribution in [3.05, 3.63) is 54.1 Å². The summed E-state index contributed by atoms with van der Waals surface area (Å²) in [7, 11) is 0. The SMILES string of the molecule is CC(C)(O)c1cn2nccc(Nc3sc(-c4ccc(N5CCOCC5)nc4)cc3C(N)=O)c2n1. The van der Waals surface area contributed by atoms with E-state index in [1.165, 1.54) is 11.3 Å². The van der Waals surface area contributed by atoms with E-state index in [1.807, 2.05) is 12.1 Å². The Hall–Kier alpha value is -3.54. The fourth-order valence-corrected chi connectivity index (χ4v) is 4.80. The summed E-state index contributed by atoms with van der Waals surface area (Å²) in [6.45, 7) is 6.35. The number of pyridine rings is 1. The molecule has 0 atom stereocenters. The van der Waals surface area contributed by atoms with Crippen molar-refractivity contribution in [2.75, 3.05) is 36.5 Å². The number of imidazole rings is 1. The van der Waals surface area contributed by atoms with Crippen molar-refractivity contribution in [3.63, 3.8) is 0 Å². The highest BCUT2D eigenvalue weighted by Gasteiger charge is 2.22. The maximum absolute atomic E-state index is 12.2. The number of primary amides is 1. The van der Waals surface area contributed by atoms with Gasteiger partial charge in [0, 0.05) is 29.7 Å². The monoisotopic (exact) mass is 479 g/mol. The molecule has 0 saturated carbocycles. The lowest BCUT2D eigenvalue weighted by molar-refractivity contribution is 0.0744. The second kappa shape index (κ2) is 8.67. The van der Waals surface area contributed by atoms with Crippen LogP contribution in [-0.2, 0) is 10.3 Å². The minimum atomic E-state index is -1.11. The minimum Gasteiger partial charge on any atom is -0.384 e. The first-order valence-corrected chi connectivity index (χ1v) is 11.7. The number of thiophene rings is 1. The molecular formula is C23H25N7O3S. The van der Waals surface area contributed by atoms with Gasteiger partial charge in [-0.3, -0.25) is 4.79 Å². The van der Waals surface area contributed by atoms with Crippen molar-refractivity contribution >= 4 is 39.4 Å². The Morgan fingerprint density at radius 1 is 1.26 bits per heavy atom. The number of nitrogens with zero attached hydrogens (tertiary/aromatic N) is 5. The lowest BCUT2D eigenvalue weighted by atomic mass is 10.1. The first-order chi connectivity index (χ1) is 16.3. The lowest BCUT2D eigenvalue weighted by Crippen LogP contribution is -2.36. The number of aliphatic hydroxyl groups is 1. The lowest BCUT2D eigenvalue weighted by Gasteiger charge is -2.27. The first kappa shape index (κ1) is 22.3. The number of hydrogen-bond acceptors (Lipinski definition) is 9. The molecule has 0 spiro atoms. The molecule has 1 fully saturated rings. The molecule has 0 unspecified atom stereocenters. The van der Waals surface area contributed by atoms with E-state index in [4.69, 9.17) is 10.5 Å². The number of rotatable bonds is 6. The second-order valence-electron chi connectivity index (χ2n) is 8.55. The number of ether oxygens (including phenoxy) is 1. The molecule has 1 amide bonds. The van der Waals surface area contributed by atoms with Gasteiger partial charge < -0.3 is 25.8 Å². The molecule has 1 aliphatic rings. The zero-order chi connectivity index (χ0) is 23.9. The Balaban J connectivity index is 1.46. The van der Waals surface area contributed by atoms with Crippen LogP contribution in [0.1, 0.15) is 29.9 Å². The number of fused-ring (bicyclic) bond motifs is 1. The molecule has 34 heavy (non-hydrogen) atoms. The van der Waals surface area contributed by atoms with Crippen LogP contribution in [0, 0.1) is 0 Å². The number of amides is 1. The van der Waals surface area contributed by atoms with Crippen molar-refractivity contribution in [1.82, 2.24) is 19.6 Å². The van der Waals surface area contributed by atoms with Crippen molar-refractivity contribution in [1.29, 1.82) is 0 Å². The van der Waals surface area contributed by atoms with Crippen molar-refractivity contribution < 1.29 is 14.6 Å². The number of anilines is 3. The van der Waals surface area contributed by atoms with E-state index in [0.717, 1.165) is 29.3 Å². The normalized spacial score (nSPS) is 14.5. The van der Waals surface area contributed by atoms with Crippen molar-refractivity contribution in [3.8, 4) is 10.4 Å². The summed E-state index contributed by atoms with van der Waals surface area (Å²) in [5.41, 5.74) is 7.50. The molecule has 4 N–H and O–H groups in total. The molecule has 4 aromatic heterocycles. The largest absolute Gasteiger partial charge is 0.384 e. The molecule has 1 aliphatic heterocycles. The van der Waals surface area contributed by atoms with Gasteiger partial charge in [-0.05, 0) is 38.1 Å². The van der Waals surface area contributed by atoms with E-state index in [2.05, 4.69) is 25.3 Å². The van der Waals surface area contributed by atoms with Crippen LogP contribution in [0.2, 0.25) is 0 Å². The van der Waals surface area contributed by atoms with Gasteiger partial charge in [0.05, 0.1) is 42.6 Å². The minimum absolute atomic E-state index is 0.376. The summed E-state index contributed by atoms with van der Waals surface area (Å²) in [5.74, 6) is 0.367. The van der Waals surface area contributed by atoms with Crippen LogP contribution in [0.15, 0.2) is 42.9 Å². The molecule has 5 rings (SSSR count). The van der Waals surface area contributed by atoms with Gasteiger partial charge in [0.25, 0.3) is 5.91 Å². The Morgan fingerprint density at radius 2 is 2.06 bits per heavy atom. The van der Waals surface area contributed by atoms with Crippen LogP contribution < -0.4 is 16.0 Å². The molecule has 10 nitrogen and oxygen atoms in total. The molecular weight excluding hydrogens is 454 g/mol. The van der Waals surface area contributed by atoms with Crippen LogP contribution >= 0.6 is 11.3 Å². The van der Waals surface area contributed by atoms with Gasteiger partial charge in [-0.2, -0.15) is 5.10 Å². The number of hydrogen-bond donors (Lipinski definition) is 3. The Morgan fingerprint density at radius 3 is 2.74 bits per heavy atom. The summed E-state index contributed by atoms with van der Waals surface area (Å²) in [6.07, 6.45) is 5.11. The van der Waals surface area contributed by atoms with E-state index >= 15 is 0 Å². The zero-order valence-corrected chi connectivity index (χ0v) is 19.7. The second-order valence-corrected chi connectivity index (χ2v) is 9.60. The standard InChI is InChI=1S/C23H25N7O3S/c1-23(2,32)18-13-30-21(28-18)16(5-6-26-30)27-22-15(20(24)31)11-17(34-22)14-3-4-19(25-12-14)29-7-9-33-10-8-29/h3-6,11-13,27,32H,7-10H2,1-2H3,(H2,24,31). The smallest absolute Gasteiger partial charge is 0.251 e. The molecule has 4 aromatic rings. The van der Waals surface area contributed by atoms with E-state index in [0.29, 0.717) is 40.8 Å². The average molecular weight is 480 g/mol. The Bertz CT molecular complexity index is 1340. The third kappa shape index (κ3) is 4.32. The highest BCUT2D eigenvalue weighted by Crippen LogP contribution is 2.38. The quantitative estimate of drug-likeness (QED) is 0.385. The number of aromatic nitrogens is 4. The zero-order valence-electron chi connectivity index (χ0n) is 18.9. The predicted molar refractivity (Wildman–Crippen MR) is 131 cm³/mol. The van der Waals surface area contributed by atoms with Crippen LogP contribution in [0.5, 0.6) is 0 Å². The molecule has 0 aromatic carbocycles. The first-order valence-electron chi connectivity index (χ1n) is 10.9. The third-order valence-electron chi connectivity index (χ3n) is 5.60. The van der Waals surface area contributed by atoms with Gasteiger partial charge in [0.15, 0.2) is 5.65 Å². The summed E-state index contributed by atoms with van der Waals surface area (Å²) in [5, 5.41) is 18.5. The van der Waals surface area contributed by atoms with E-state index < -0.39 is 11.5 Å². The summed E-state index contributed by atoms with van der Waals surface area (Å²) >= 11 is 1.41. The molecule has 11 heteroatoms. The van der Waals surface area contributed by atoms with Crippen LogP contribution in [-0.4, -0.2) is 56.9 Å². The van der Waals surface area contributed by atoms with Crippen LogP contribution in [0.25, 0.3) is 16.1 Å². The number of nitrogens with two attached hydrogens (primary N) is 1. The maximum atomic E-state index is 12.2. The fourth-order valence-electron chi connectivity index (χ4n) is 3.73. The molecule has 5 heterocycles. The molecule has 176 valence electrons. The van der Waals surface area contributed by atoms with E-state index in [1.54, 1.807) is 49.1 Å². The van der Waals surface area contributed by atoms with Gasteiger partial charge >= 0.3 is 0 Å².